The molecule has 0 radical (unpaired) electrons. The molecule has 0 spiro atoms. The lowest BCUT2D eigenvalue weighted by molar-refractivity contribution is -0.332. The first-order valence-corrected chi connectivity index (χ1v) is 25.7. The van der Waals surface area contributed by atoms with Gasteiger partial charge >= 0.3 is 11.9 Å². The van der Waals surface area contributed by atoms with Gasteiger partial charge in [0, 0.05) is 12.8 Å². The van der Waals surface area contributed by atoms with Gasteiger partial charge in [-0.05, 0) is 51.4 Å². The largest absolute Gasteiger partial charge is 0.462 e. The topological polar surface area (TPSA) is 231 Å². The summed E-state index contributed by atoms with van der Waals surface area (Å²) < 4.78 is 33.5. The van der Waals surface area contributed by atoms with Crippen LogP contribution in [0, 0.1) is 0 Å². The molecule has 7 N–H and O–H groups in total. The number of rotatable bonds is 39. The predicted octanol–water partition coefficient (Wildman–Crippen LogP) is 7.10. The highest BCUT2D eigenvalue weighted by molar-refractivity contribution is 5.70. The smallest absolute Gasteiger partial charge is 0.306 e. The minimum Gasteiger partial charge on any atom is -0.462 e. The molecule has 67 heavy (non-hydrogen) atoms. The molecule has 0 aliphatic carbocycles. The zero-order chi connectivity index (χ0) is 48.9. The normalized spacial score (nSPS) is 26.3. The maximum absolute atomic E-state index is 13.0. The highest BCUT2D eigenvalue weighted by Crippen LogP contribution is 2.26. The van der Waals surface area contributed by atoms with Gasteiger partial charge in [0.1, 0.15) is 55.4 Å². The number of allylic oxidation sites excluding steroid dienone is 8. The molecule has 11 atom stereocenters. The van der Waals surface area contributed by atoms with Gasteiger partial charge < -0.3 is 64.2 Å². The van der Waals surface area contributed by atoms with Crippen LogP contribution in [0.2, 0.25) is 0 Å². The SMILES string of the molecule is CC/C=C/C/C=C/C/C=C/C/C=C/CCCCC(=O)O[C@@H](COC(=O)CCCCCCCCCCCCCCCCCC)CO[C@@H]1O[C@H](CO[C@@H]2O[C@H](CO)[C@H](O)C(O)C2O)[C@H](O)C(O)C1O. The fourth-order valence-corrected chi connectivity index (χ4v) is 7.85. The van der Waals surface area contributed by atoms with Crippen LogP contribution in [-0.2, 0) is 38.0 Å². The molecule has 2 saturated heterocycles. The van der Waals surface area contributed by atoms with Crippen LogP contribution in [0.25, 0.3) is 0 Å². The number of esters is 2. The predicted molar refractivity (Wildman–Crippen MR) is 257 cm³/mol. The lowest BCUT2D eigenvalue weighted by Crippen LogP contribution is -2.61. The van der Waals surface area contributed by atoms with Gasteiger partial charge in [0.25, 0.3) is 0 Å². The average Bonchev–Trinajstić information content (AvgIpc) is 3.32. The quantitative estimate of drug-likeness (QED) is 0.0185. The minimum absolute atomic E-state index is 0.113. The number of hydrogen-bond acceptors (Lipinski definition) is 15. The highest BCUT2D eigenvalue weighted by atomic mass is 16.7. The monoisotopic (exact) mass is 955 g/mol. The van der Waals surface area contributed by atoms with Crippen LogP contribution in [0.15, 0.2) is 48.6 Å². The number of unbranched alkanes of at least 4 members (excludes halogenated alkanes) is 17. The Labute approximate surface area is 401 Å². The van der Waals surface area contributed by atoms with E-state index in [0.29, 0.717) is 12.8 Å². The van der Waals surface area contributed by atoms with Gasteiger partial charge in [-0.15, -0.1) is 0 Å². The maximum atomic E-state index is 13.0. The number of carbonyl (C=O) groups is 2. The Balaban J connectivity index is 1.82. The van der Waals surface area contributed by atoms with E-state index in [2.05, 4.69) is 62.5 Å². The van der Waals surface area contributed by atoms with Crippen LogP contribution in [0.1, 0.15) is 174 Å². The van der Waals surface area contributed by atoms with E-state index in [0.717, 1.165) is 57.8 Å². The summed E-state index contributed by atoms with van der Waals surface area (Å²) >= 11 is 0. The van der Waals surface area contributed by atoms with Gasteiger partial charge in [-0.25, -0.2) is 0 Å². The molecule has 2 fully saturated rings. The molecule has 0 aromatic heterocycles. The van der Waals surface area contributed by atoms with Crippen LogP contribution in [0.3, 0.4) is 0 Å². The van der Waals surface area contributed by atoms with Crippen molar-refractivity contribution in [2.24, 2.45) is 0 Å². The van der Waals surface area contributed by atoms with Crippen molar-refractivity contribution in [1.82, 2.24) is 0 Å². The van der Waals surface area contributed by atoms with E-state index >= 15 is 0 Å². The fourth-order valence-electron chi connectivity index (χ4n) is 7.85. The minimum atomic E-state index is -1.77. The first-order chi connectivity index (χ1) is 32.5. The molecule has 388 valence electrons. The van der Waals surface area contributed by atoms with E-state index in [1.807, 2.05) is 0 Å². The zero-order valence-corrected chi connectivity index (χ0v) is 40.9. The van der Waals surface area contributed by atoms with Crippen LogP contribution in [0.5, 0.6) is 0 Å². The maximum Gasteiger partial charge on any atom is 0.306 e. The van der Waals surface area contributed by atoms with E-state index in [1.165, 1.54) is 77.0 Å². The lowest BCUT2D eigenvalue weighted by atomic mass is 9.98. The summed E-state index contributed by atoms with van der Waals surface area (Å²) in [4.78, 5) is 25.7. The van der Waals surface area contributed by atoms with Gasteiger partial charge in [0.05, 0.1) is 19.8 Å². The van der Waals surface area contributed by atoms with Gasteiger partial charge in [0.15, 0.2) is 18.7 Å². The van der Waals surface area contributed by atoms with Gasteiger partial charge in [-0.2, -0.15) is 0 Å². The molecule has 0 amide bonds. The van der Waals surface area contributed by atoms with Crippen molar-refractivity contribution < 1.29 is 73.8 Å². The summed E-state index contributed by atoms with van der Waals surface area (Å²) in [5.41, 5.74) is 0. The second-order valence-electron chi connectivity index (χ2n) is 18.0. The number of hydrogen-bond donors (Lipinski definition) is 7. The van der Waals surface area contributed by atoms with Gasteiger partial charge in [0.2, 0.25) is 0 Å². The van der Waals surface area contributed by atoms with Crippen molar-refractivity contribution in [2.45, 2.75) is 242 Å². The lowest BCUT2D eigenvalue weighted by Gasteiger charge is -2.42. The van der Waals surface area contributed by atoms with Gasteiger partial charge in [-0.1, -0.05) is 159 Å². The van der Waals surface area contributed by atoms with E-state index in [1.54, 1.807) is 0 Å². The highest BCUT2D eigenvalue weighted by Gasteiger charge is 2.47. The number of ether oxygens (including phenoxy) is 6. The molecule has 2 aliphatic rings. The Kier molecular flexibility index (Phi) is 35.5. The molecular formula is C52H90O15. The molecule has 0 saturated carbocycles. The molecule has 2 rings (SSSR count). The Bertz CT molecular complexity index is 1350. The van der Waals surface area contributed by atoms with Crippen LogP contribution < -0.4 is 0 Å². The van der Waals surface area contributed by atoms with E-state index in [9.17, 15) is 45.3 Å². The summed E-state index contributed by atoms with van der Waals surface area (Å²) in [5.74, 6) is -0.971. The Hall–Kier alpha value is -2.54. The van der Waals surface area contributed by atoms with E-state index in [-0.39, 0.29) is 19.4 Å². The summed E-state index contributed by atoms with van der Waals surface area (Å²) in [5, 5.41) is 72.0. The van der Waals surface area contributed by atoms with E-state index < -0.39 is 99.3 Å². The van der Waals surface area contributed by atoms with Crippen molar-refractivity contribution in [3.63, 3.8) is 0 Å². The van der Waals surface area contributed by atoms with E-state index in [4.69, 9.17) is 28.4 Å². The Morgan fingerprint density at radius 2 is 0.940 bits per heavy atom. The molecule has 4 unspecified atom stereocenters. The fraction of sp³-hybridized carbons (Fsp3) is 0.808. The van der Waals surface area contributed by atoms with Crippen LogP contribution in [-0.4, -0.2) is 142 Å². The third kappa shape index (κ3) is 27.4. The number of aliphatic hydroxyl groups is 7. The summed E-state index contributed by atoms with van der Waals surface area (Å²) in [6.45, 7) is 2.43. The van der Waals surface area contributed by atoms with Crippen LogP contribution >= 0.6 is 0 Å². The third-order valence-corrected chi connectivity index (χ3v) is 12.1. The molecule has 15 nitrogen and oxygen atoms in total. The van der Waals surface area contributed by atoms with Gasteiger partial charge in [-0.3, -0.25) is 9.59 Å². The van der Waals surface area contributed by atoms with Crippen LogP contribution in [0.4, 0.5) is 0 Å². The average molecular weight is 955 g/mol. The zero-order valence-electron chi connectivity index (χ0n) is 40.9. The molecule has 0 bridgehead atoms. The standard InChI is InChI=1S/C52H90O15/c1-3-5-7-9-11-13-15-17-19-21-22-24-26-28-30-32-34-43(54)62-37-40(65-44(55)35-33-31-29-27-25-23-20-18-16-14-12-10-8-6-4-2)38-63-51-50(61)48(59)46(57)42(67-51)39-64-52-49(60)47(58)45(56)41(36-53)66-52/h6,8,12,14,18,20,25,27,40-42,45-53,56-61H,3-5,7,9-11,13,15-17,19,21-24,26,28-39H2,1-2H3/b8-6+,14-12+,20-18+,27-25+/t40-,41+,42+,45-,46-,47?,48?,49?,50?,51+,52+/m0/s1. The van der Waals surface area contributed by atoms with Crippen molar-refractivity contribution in [3.8, 4) is 0 Å². The first kappa shape index (κ1) is 60.6. The third-order valence-electron chi connectivity index (χ3n) is 12.1. The first-order valence-electron chi connectivity index (χ1n) is 25.7. The summed E-state index contributed by atoms with van der Waals surface area (Å²) in [6.07, 6.45) is 25.7. The molecule has 0 aromatic carbocycles. The molecular weight excluding hydrogens is 865 g/mol. The summed E-state index contributed by atoms with van der Waals surface area (Å²) in [6, 6.07) is 0. The number of carbonyl (C=O) groups excluding carboxylic acids is 2. The second kappa shape index (κ2) is 39.2. The molecule has 2 aliphatic heterocycles. The molecule has 15 heteroatoms. The van der Waals surface area contributed by atoms with Crippen molar-refractivity contribution in [1.29, 1.82) is 0 Å². The second-order valence-corrected chi connectivity index (χ2v) is 18.0. The Morgan fingerprint density at radius 1 is 0.493 bits per heavy atom. The van der Waals surface area contributed by atoms with Crippen molar-refractivity contribution >= 4 is 11.9 Å². The van der Waals surface area contributed by atoms with Crippen molar-refractivity contribution in [3.05, 3.63) is 48.6 Å². The number of aliphatic hydroxyl groups excluding tert-OH is 7. The Morgan fingerprint density at radius 3 is 1.48 bits per heavy atom. The molecule has 2 heterocycles. The van der Waals surface area contributed by atoms with Crippen molar-refractivity contribution in [2.75, 3.05) is 26.4 Å². The molecule has 0 aromatic rings. The summed E-state index contributed by atoms with van der Waals surface area (Å²) in [7, 11) is 0.